The van der Waals surface area contributed by atoms with E-state index in [1.54, 1.807) is 14.2 Å². The Morgan fingerprint density at radius 3 is 2.19 bits per heavy atom. The number of ether oxygens (including phenoxy) is 2. The lowest BCUT2D eigenvalue weighted by Gasteiger charge is -2.21. The van der Waals surface area contributed by atoms with Crippen LogP contribution in [0.2, 0.25) is 0 Å². The van der Waals surface area contributed by atoms with Gasteiger partial charge in [-0.25, -0.2) is 0 Å². The van der Waals surface area contributed by atoms with Crippen LogP contribution < -0.4 is 14.8 Å². The van der Waals surface area contributed by atoms with Crippen molar-refractivity contribution < 1.29 is 9.47 Å². The molecule has 112 valence electrons. The van der Waals surface area contributed by atoms with Gasteiger partial charge < -0.3 is 14.8 Å². The number of methoxy groups -OCH3 is 2. The Kier molecular flexibility index (Phi) is 5.64. The van der Waals surface area contributed by atoms with Crippen molar-refractivity contribution in [1.29, 1.82) is 0 Å². The molecule has 1 atom stereocenters. The van der Waals surface area contributed by atoms with E-state index in [0.29, 0.717) is 0 Å². The van der Waals surface area contributed by atoms with Crippen LogP contribution in [0.25, 0.3) is 0 Å². The second-order valence-corrected chi connectivity index (χ2v) is 4.87. The van der Waals surface area contributed by atoms with Crippen LogP contribution in [0.3, 0.4) is 0 Å². The number of nitrogens with one attached hydrogen (secondary N) is 1. The minimum absolute atomic E-state index is 0.197. The van der Waals surface area contributed by atoms with E-state index in [9.17, 15) is 0 Å². The molecule has 1 unspecified atom stereocenters. The molecule has 0 bridgehead atoms. The first-order chi connectivity index (χ1) is 10.3. The summed E-state index contributed by atoms with van der Waals surface area (Å²) >= 11 is 0. The van der Waals surface area contributed by atoms with Crippen LogP contribution in [-0.4, -0.2) is 20.8 Å². The maximum absolute atomic E-state index is 5.50. The zero-order valence-electron chi connectivity index (χ0n) is 12.9. The average molecular weight is 285 g/mol. The highest BCUT2D eigenvalue weighted by Crippen LogP contribution is 2.30. The molecule has 2 aromatic rings. The Morgan fingerprint density at radius 2 is 1.52 bits per heavy atom. The number of likely N-dealkylation sites (N-methyl/N-ethyl adjacent to an activating group) is 1. The number of hydrogen-bond donors (Lipinski definition) is 1. The molecule has 0 aliphatic rings. The van der Waals surface area contributed by atoms with E-state index >= 15 is 0 Å². The molecule has 0 fully saturated rings. The molecule has 21 heavy (non-hydrogen) atoms. The molecule has 0 saturated heterocycles. The van der Waals surface area contributed by atoms with Crippen molar-refractivity contribution in [1.82, 2.24) is 5.32 Å². The van der Waals surface area contributed by atoms with Crippen LogP contribution in [0, 0.1) is 0 Å². The van der Waals surface area contributed by atoms with Gasteiger partial charge in [0.25, 0.3) is 0 Å². The summed E-state index contributed by atoms with van der Waals surface area (Å²) < 4.78 is 11.0. The van der Waals surface area contributed by atoms with E-state index < -0.39 is 0 Å². The van der Waals surface area contributed by atoms with Gasteiger partial charge in [0.2, 0.25) is 0 Å². The van der Waals surface area contributed by atoms with Crippen molar-refractivity contribution in [2.24, 2.45) is 0 Å². The molecule has 1 N–H and O–H groups in total. The lowest BCUT2D eigenvalue weighted by molar-refractivity contribution is 0.393. The summed E-state index contributed by atoms with van der Waals surface area (Å²) in [6.45, 7) is 3.02. The Labute approximate surface area is 126 Å². The molecule has 0 aromatic heterocycles. The predicted molar refractivity (Wildman–Crippen MR) is 86.1 cm³/mol. The smallest absolute Gasteiger partial charge is 0.123 e. The number of hydrogen-bond acceptors (Lipinski definition) is 3. The van der Waals surface area contributed by atoms with E-state index in [1.165, 1.54) is 11.1 Å². The molecule has 2 aromatic carbocycles. The van der Waals surface area contributed by atoms with Crippen LogP contribution in [0.1, 0.15) is 24.1 Å². The van der Waals surface area contributed by atoms with Crippen LogP contribution in [0.5, 0.6) is 11.5 Å². The summed E-state index contributed by atoms with van der Waals surface area (Å²) in [5.41, 5.74) is 2.37. The first-order valence-corrected chi connectivity index (χ1v) is 7.28. The number of para-hydroxylation sites is 2. The van der Waals surface area contributed by atoms with Gasteiger partial charge >= 0.3 is 0 Å². The highest BCUT2D eigenvalue weighted by Gasteiger charge is 2.17. The van der Waals surface area contributed by atoms with E-state index in [1.807, 2.05) is 36.4 Å². The third-order valence-corrected chi connectivity index (χ3v) is 3.58. The average Bonchev–Trinajstić information content (AvgIpc) is 2.55. The zero-order chi connectivity index (χ0) is 15.1. The first kappa shape index (κ1) is 15.4. The van der Waals surface area contributed by atoms with Gasteiger partial charge in [0.05, 0.1) is 14.2 Å². The summed E-state index contributed by atoms with van der Waals surface area (Å²) in [6, 6.07) is 16.5. The predicted octanol–water partition coefficient (Wildman–Crippen LogP) is 3.60. The van der Waals surface area contributed by atoms with Crippen molar-refractivity contribution in [2.45, 2.75) is 19.4 Å². The van der Waals surface area contributed by atoms with Crippen molar-refractivity contribution in [3.8, 4) is 11.5 Å². The normalized spacial score (nSPS) is 12.0. The summed E-state index contributed by atoms with van der Waals surface area (Å²) in [7, 11) is 3.43. The Hall–Kier alpha value is -2.00. The molecule has 0 amide bonds. The van der Waals surface area contributed by atoms with Crippen LogP contribution >= 0.6 is 0 Å². The molecule has 0 saturated carbocycles. The van der Waals surface area contributed by atoms with Gasteiger partial charge in [-0.2, -0.15) is 0 Å². The molecule has 2 rings (SSSR count). The molecule has 3 nitrogen and oxygen atoms in total. The number of rotatable bonds is 7. The van der Waals surface area contributed by atoms with Crippen molar-refractivity contribution >= 4 is 0 Å². The van der Waals surface area contributed by atoms with Gasteiger partial charge in [-0.1, -0.05) is 43.3 Å². The van der Waals surface area contributed by atoms with Gasteiger partial charge in [-0.3, -0.25) is 0 Å². The molecule has 0 radical (unpaired) electrons. The summed E-state index contributed by atoms with van der Waals surface area (Å²) in [5, 5.41) is 3.54. The third kappa shape index (κ3) is 3.76. The highest BCUT2D eigenvalue weighted by molar-refractivity contribution is 5.39. The van der Waals surface area contributed by atoms with Gasteiger partial charge in [0, 0.05) is 11.6 Å². The molecular weight excluding hydrogens is 262 g/mol. The lowest BCUT2D eigenvalue weighted by atomic mass is 9.97. The molecular formula is C18H23NO2. The molecule has 0 spiro atoms. The maximum Gasteiger partial charge on any atom is 0.123 e. The van der Waals surface area contributed by atoms with E-state index in [4.69, 9.17) is 9.47 Å². The van der Waals surface area contributed by atoms with E-state index in [2.05, 4.69) is 24.4 Å². The largest absolute Gasteiger partial charge is 0.496 e. The van der Waals surface area contributed by atoms with Gasteiger partial charge in [0.1, 0.15) is 11.5 Å². The van der Waals surface area contributed by atoms with Gasteiger partial charge in [-0.05, 0) is 30.7 Å². The Morgan fingerprint density at radius 1 is 0.905 bits per heavy atom. The molecule has 3 heteroatoms. The molecule has 0 aliphatic heterocycles. The quantitative estimate of drug-likeness (QED) is 0.843. The van der Waals surface area contributed by atoms with Crippen LogP contribution in [0.4, 0.5) is 0 Å². The SMILES string of the molecule is CCNC(Cc1ccccc1OC)c1ccccc1OC. The molecule has 0 aliphatic carbocycles. The second kappa shape index (κ2) is 7.70. The maximum atomic E-state index is 5.50. The Bertz CT molecular complexity index is 569. The summed E-state index contributed by atoms with van der Waals surface area (Å²) in [6.07, 6.45) is 0.859. The van der Waals surface area contributed by atoms with E-state index in [-0.39, 0.29) is 6.04 Å². The monoisotopic (exact) mass is 285 g/mol. The standard InChI is InChI=1S/C18H23NO2/c1-4-19-16(15-10-6-8-12-18(15)21-3)13-14-9-5-7-11-17(14)20-2/h5-12,16,19H,4,13H2,1-3H3. The highest BCUT2D eigenvalue weighted by atomic mass is 16.5. The van der Waals surface area contributed by atoms with Crippen molar-refractivity contribution in [3.63, 3.8) is 0 Å². The lowest BCUT2D eigenvalue weighted by Crippen LogP contribution is -2.23. The minimum atomic E-state index is 0.197. The Balaban J connectivity index is 2.31. The summed E-state index contributed by atoms with van der Waals surface area (Å²) in [4.78, 5) is 0. The van der Waals surface area contributed by atoms with Crippen LogP contribution in [0.15, 0.2) is 48.5 Å². The number of benzene rings is 2. The topological polar surface area (TPSA) is 30.5 Å². The van der Waals surface area contributed by atoms with Crippen molar-refractivity contribution in [3.05, 3.63) is 59.7 Å². The molecule has 0 heterocycles. The minimum Gasteiger partial charge on any atom is -0.496 e. The fraction of sp³-hybridized carbons (Fsp3) is 0.333. The second-order valence-electron chi connectivity index (χ2n) is 4.87. The third-order valence-electron chi connectivity index (χ3n) is 3.58. The fourth-order valence-corrected chi connectivity index (χ4v) is 2.58. The van der Waals surface area contributed by atoms with Crippen LogP contribution in [-0.2, 0) is 6.42 Å². The van der Waals surface area contributed by atoms with Crippen molar-refractivity contribution in [2.75, 3.05) is 20.8 Å². The zero-order valence-corrected chi connectivity index (χ0v) is 12.9. The van der Waals surface area contributed by atoms with E-state index in [0.717, 1.165) is 24.5 Å². The van der Waals surface area contributed by atoms with Gasteiger partial charge in [0.15, 0.2) is 0 Å². The van der Waals surface area contributed by atoms with Gasteiger partial charge in [-0.15, -0.1) is 0 Å². The fourth-order valence-electron chi connectivity index (χ4n) is 2.58. The summed E-state index contributed by atoms with van der Waals surface area (Å²) in [5.74, 6) is 1.84. The first-order valence-electron chi connectivity index (χ1n) is 7.28.